The predicted molar refractivity (Wildman–Crippen MR) is 51.6 cm³/mol. The first-order chi connectivity index (χ1) is 6.77. The van der Waals surface area contributed by atoms with Crippen LogP contribution in [0.5, 0.6) is 0 Å². The molecule has 0 aliphatic rings. The summed E-state index contributed by atoms with van der Waals surface area (Å²) in [7, 11) is 0. The molecule has 0 fully saturated rings. The van der Waals surface area contributed by atoms with Gasteiger partial charge in [-0.3, -0.25) is 4.68 Å². The molecule has 1 aromatic carbocycles. The Morgan fingerprint density at radius 2 is 2.14 bits per heavy atom. The average molecular weight is 191 g/mol. The van der Waals surface area contributed by atoms with Crippen molar-refractivity contribution in [3.8, 4) is 0 Å². The molecular weight excluding hydrogens is 181 g/mol. The molecule has 14 heavy (non-hydrogen) atoms. The summed E-state index contributed by atoms with van der Waals surface area (Å²) in [5.74, 6) is 5.99. The molecule has 0 saturated carbocycles. The normalized spacial score (nSPS) is 10.4. The van der Waals surface area contributed by atoms with Crippen molar-refractivity contribution < 1.29 is 4.39 Å². The zero-order valence-electron chi connectivity index (χ0n) is 7.52. The number of nitrogen functional groups attached to an aromatic ring is 1. The lowest BCUT2D eigenvalue weighted by Crippen LogP contribution is -2.12. The summed E-state index contributed by atoms with van der Waals surface area (Å²) in [5.41, 5.74) is 0.602. The van der Waals surface area contributed by atoms with Gasteiger partial charge in [-0.05, 0) is 11.6 Å². The van der Waals surface area contributed by atoms with Crippen molar-refractivity contribution in [3.05, 3.63) is 53.9 Å². The van der Waals surface area contributed by atoms with Crippen LogP contribution >= 0.6 is 0 Å². The zero-order valence-corrected chi connectivity index (χ0v) is 7.52. The second-order valence-corrected chi connectivity index (χ2v) is 3.02. The molecule has 1 heterocycles. The van der Waals surface area contributed by atoms with Gasteiger partial charge < -0.3 is 5.84 Å². The van der Waals surface area contributed by atoms with Crippen molar-refractivity contribution in [2.24, 2.45) is 0 Å². The Bertz CT molecular complexity index is 436. The molecule has 0 atom stereocenters. The second kappa shape index (κ2) is 3.49. The first-order valence-electron chi connectivity index (χ1n) is 4.28. The predicted octanol–water partition coefficient (Wildman–Crippen LogP) is 1.33. The lowest BCUT2D eigenvalue weighted by molar-refractivity contribution is 0.611. The Morgan fingerprint density at radius 3 is 2.79 bits per heavy atom. The van der Waals surface area contributed by atoms with Gasteiger partial charge in [0.1, 0.15) is 11.6 Å². The molecule has 3 nitrogen and oxygen atoms in total. The smallest absolute Gasteiger partial charge is 0.131 e. The van der Waals surface area contributed by atoms with E-state index in [0.29, 0.717) is 17.8 Å². The summed E-state index contributed by atoms with van der Waals surface area (Å²) >= 11 is 0. The number of benzene rings is 1. The molecule has 0 aliphatic carbocycles. The number of rotatable bonds is 2. The average Bonchev–Trinajstić information content (AvgIpc) is 2.56. The van der Waals surface area contributed by atoms with Crippen LogP contribution in [-0.2, 0) is 6.42 Å². The topological polar surface area (TPSA) is 43.8 Å². The van der Waals surface area contributed by atoms with E-state index in [1.165, 1.54) is 10.7 Å². The molecule has 4 heteroatoms. The van der Waals surface area contributed by atoms with Gasteiger partial charge >= 0.3 is 0 Å². The minimum Gasteiger partial charge on any atom is -0.338 e. The van der Waals surface area contributed by atoms with Crippen LogP contribution in [0, 0.1) is 5.82 Å². The maximum atomic E-state index is 13.2. The summed E-state index contributed by atoms with van der Waals surface area (Å²) in [5, 5.41) is 0. The molecule has 2 aromatic rings. The molecule has 2 N–H and O–H groups in total. The van der Waals surface area contributed by atoms with Crippen LogP contribution in [0.4, 0.5) is 4.39 Å². The van der Waals surface area contributed by atoms with E-state index >= 15 is 0 Å². The quantitative estimate of drug-likeness (QED) is 0.728. The number of hydrogen-bond acceptors (Lipinski definition) is 2. The number of hydrogen-bond donors (Lipinski definition) is 1. The van der Waals surface area contributed by atoms with Gasteiger partial charge in [0.15, 0.2) is 0 Å². The Kier molecular flexibility index (Phi) is 2.18. The van der Waals surface area contributed by atoms with Gasteiger partial charge in [0.25, 0.3) is 0 Å². The first-order valence-corrected chi connectivity index (χ1v) is 4.28. The number of nitrogens with zero attached hydrogens (tertiary/aromatic N) is 2. The van der Waals surface area contributed by atoms with Gasteiger partial charge in [-0.2, -0.15) is 0 Å². The third-order valence-corrected chi connectivity index (χ3v) is 2.06. The van der Waals surface area contributed by atoms with Crippen molar-refractivity contribution in [1.82, 2.24) is 9.66 Å². The third-order valence-electron chi connectivity index (χ3n) is 2.06. The van der Waals surface area contributed by atoms with Crippen molar-refractivity contribution in [2.45, 2.75) is 6.42 Å². The fourth-order valence-electron chi connectivity index (χ4n) is 1.29. The summed E-state index contributed by atoms with van der Waals surface area (Å²) < 4.78 is 14.6. The van der Waals surface area contributed by atoms with E-state index < -0.39 is 0 Å². The largest absolute Gasteiger partial charge is 0.338 e. The van der Waals surface area contributed by atoms with Crippen molar-refractivity contribution >= 4 is 0 Å². The summed E-state index contributed by atoms with van der Waals surface area (Å²) in [4.78, 5) is 4.02. The standard InChI is InChI=1S/C10H10FN3/c11-9-4-2-1-3-8(9)7-10-13-5-6-14(10)12/h1-6H,7,12H2. The summed E-state index contributed by atoms with van der Waals surface area (Å²) in [6.07, 6.45) is 3.64. The number of nitrogens with two attached hydrogens (primary N) is 1. The Labute approximate surface area is 81.0 Å². The van der Waals surface area contributed by atoms with Gasteiger partial charge in [-0.1, -0.05) is 18.2 Å². The Hall–Kier alpha value is -1.84. The van der Waals surface area contributed by atoms with E-state index in [0.717, 1.165) is 0 Å². The molecule has 0 unspecified atom stereocenters. The molecule has 0 amide bonds. The van der Waals surface area contributed by atoms with E-state index in [-0.39, 0.29) is 5.82 Å². The molecule has 0 bridgehead atoms. The second-order valence-electron chi connectivity index (χ2n) is 3.02. The molecule has 0 radical (unpaired) electrons. The summed E-state index contributed by atoms with van der Waals surface area (Å²) in [6, 6.07) is 6.61. The fraction of sp³-hybridized carbons (Fsp3) is 0.100. The van der Waals surface area contributed by atoms with Crippen LogP contribution in [0.3, 0.4) is 0 Å². The van der Waals surface area contributed by atoms with E-state index in [4.69, 9.17) is 5.84 Å². The van der Waals surface area contributed by atoms with Crippen LogP contribution < -0.4 is 5.84 Å². The van der Waals surface area contributed by atoms with E-state index in [1.54, 1.807) is 30.6 Å². The molecule has 0 saturated heterocycles. The van der Waals surface area contributed by atoms with E-state index in [9.17, 15) is 4.39 Å². The highest BCUT2D eigenvalue weighted by Gasteiger charge is 2.05. The highest BCUT2D eigenvalue weighted by atomic mass is 19.1. The van der Waals surface area contributed by atoms with Crippen molar-refractivity contribution in [3.63, 3.8) is 0 Å². The Balaban J connectivity index is 2.28. The zero-order chi connectivity index (χ0) is 9.97. The molecule has 72 valence electrons. The van der Waals surface area contributed by atoms with Gasteiger partial charge in [-0.15, -0.1) is 0 Å². The maximum absolute atomic E-state index is 13.2. The van der Waals surface area contributed by atoms with Gasteiger partial charge in [0.05, 0.1) is 0 Å². The van der Waals surface area contributed by atoms with Crippen molar-refractivity contribution in [2.75, 3.05) is 5.84 Å². The highest BCUT2D eigenvalue weighted by molar-refractivity contribution is 5.21. The minimum atomic E-state index is -0.226. The van der Waals surface area contributed by atoms with Crippen LogP contribution in [0.25, 0.3) is 0 Å². The van der Waals surface area contributed by atoms with Gasteiger partial charge in [0.2, 0.25) is 0 Å². The number of imidazole rings is 1. The lowest BCUT2D eigenvalue weighted by Gasteiger charge is -2.02. The van der Waals surface area contributed by atoms with Gasteiger partial charge in [0, 0.05) is 18.8 Å². The lowest BCUT2D eigenvalue weighted by atomic mass is 10.1. The van der Waals surface area contributed by atoms with E-state index in [1.807, 2.05) is 0 Å². The van der Waals surface area contributed by atoms with E-state index in [2.05, 4.69) is 4.98 Å². The SMILES string of the molecule is Nn1ccnc1Cc1ccccc1F. The van der Waals surface area contributed by atoms with Crippen LogP contribution in [0.1, 0.15) is 11.4 Å². The highest BCUT2D eigenvalue weighted by Crippen LogP contribution is 2.10. The van der Waals surface area contributed by atoms with Gasteiger partial charge in [-0.25, -0.2) is 9.37 Å². The maximum Gasteiger partial charge on any atom is 0.131 e. The monoisotopic (exact) mass is 191 g/mol. The van der Waals surface area contributed by atoms with Crippen LogP contribution in [-0.4, -0.2) is 9.66 Å². The van der Waals surface area contributed by atoms with Crippen LogP contribution in [0.2, 0.25) is 0 Å². The summed E-state index contributed by atoms with van der Waals surface area (Å²) in [6.45, 7) is 0. The fourth-order valence-corrected chi connectivity index (χ4v) is 1.29. The number of halogens is 1. The molecule has 0 aliphatic heterocycles. The third kappa shape index (κ3) is 1.59. The molecular formula is C10H10FN3. The van der Waals surface area contributed by atoms with Crippen LogP contribution in [0.15, 0.2) is 36.7 Å². The minimum absolute atomic E-state index is 0.226. The molecule has 0 spiro atoms. The first kappa shape index (κ1) is 8.74. The van der Waals surface area contributed by atoms with Crippen molar-refractivity contribution in [1.29, 1.82) is 0 Å². The Morgan fingerprint density at radius 1 is 1.36 bits per heavy atom. The molecule has 2 rings (SSSR count). The number of aromatic nitrogens is 2. The molecule has 1 aromatic heterocycles.